The second-order valence-corrected chi connectivity index (χ2v) is 6.35. The molecule has 1 atom stereocenters. The lowest BCUT2D eigenvalue weighted by Crippen LogP contribution is -2.44. The monoisotopic (exact) mass is 346 g/mol. The number of nitrogens with zero attached hydrogens (tertiary/aromatic N) is 2. The Morgan fingerprint density at radius 2 is 2.20 bits per heavy atom. The Hall–Kier alpha value is -2.21. The third kappa shape index (κ3) is 4.25. The van der Waals surface area contributed by atoms with Gasteiger partial charge in [0.2, 0.25) is 5.91 Å². The Balaban J connectivity index is 1.60. The Morgan fingerprint density at radius 1 is 1.36 bits per heavy atom. The molecule has 0 aliphatic carbocycles. The van der Waals surface area contributed by atoms with E-state index in [1.807, 2.05) is 4.90 Å². The molecule has 1 aliphatic rings. The first-order valence-electron chi connectivity index (χ1n) is 8.79. The summed E-state index contributed by atoms with van der Waals surface area (Å²) in [6.07, 6.45) is 5.86. The summed E-state index contributed by atoms with van der Waals surface area (Å²) >= 11 is 0. The first-order chi connectivity index (χ1) is 12.2. The molecule has 6 heteroatoms. The van der Waals surface area contributed by atoms with E-state index in [9.17, 15) is 9.18 Å². The number of hydrogen-bond donors (Lipinski definition) is 1. The summed E-state index contributed by atoms with van der Waals surface area (Å²) in [5.41, 5.74) is 0.367. The van der Waals surface area contributed by atoms with Crippen molar-refractivity contribution in [2.45, 2.75) is 44.6 Å². The molecule has 1 aromatic carbocycles. The summed E-state index contributed by atoms with van der Waals surface area (Å²) in [5, 5.41) is 9.17. The van der Waals surface area contributed by atoms with Crippen LogP contribution in [0.5, 0.6) is 0 Å². The van der Waals surface area contributed by atoms with Crippen LogP contribution in [0.2, 0.25) is 0 Å². The lowest BCUT2D eigenvalue weighted by atomic mass is 9.99. The summed E-state index contributed by atoms with van der Waals surface area (Å²) in [4.78, 5) is 18.5. The van der Waals surface area contributed by atoms with Crippen molar-refractivity contribution in [3.63, 3.8) is 0 Å². The van der Waals surface area contributed by atoms with E-state index >= 15 is 0 Å². The largest absolute Gasteiger partial charge is 0.441 e. The lowest BCUT2D eigenvalue weighted by molar-refractivity contribution is -0.135. The Morgan fingerprint density at radius 3 is 3.00 bits per heavy atom. The van der Waals surface area contributed by atoms with Crippen LogP contribution in [0.1, 0.15) is 38.0 Å². The second-order valence-electron chi connectivity index (χ2n) is 6.35. The smallest absolute Gasteiger partial charge is 0.223 e. The topological polar surface area (TPSA) is 66.6 Å². The number of oxazole rings is 1. The summed E-state index contributed by atoms with van der Waals surface area (Å²) in [5.74, 6) is 0.504. The van der Waals surface area contributed by atoms with Crippen molar-refractivity contribution in [2.24, 2.45) is 0 Å². The van der Waals surface area contributed by atoms with Gasteiger partial charge in [-0.25, -0.2) is 9.37 Å². The van der Waals surface area contributed by atoms with E-state index in [4.69, 9.17) is 9.52 Å². The molecular formula is C19H23FN2O3. The van der Waals surface area contributed by atoms with E-state index in [1.165, 1.54) is 12.3 Å². The van der Waals surface area contributed by atoms with Crippen molar-refractivity contribution in [1.29, 1.82) is 0 Å². The maximum absolute atomic E-state index is 13.8. The van der Waals surface area contributed by atoms with E-state index in [1.54, 1.807) is 18.2 Å². The number of likely N-dealkylation sites (tertiary alicyclic amines) is 1. The van der Waals surface area contributed by atoms with Crippen LogP contribution in [0.15, 0.2) is 34.9 Å². The zero-order valence-electron chi connectivity index (χ0n) is 14.2. The zero-order chi connectivity index (χ0) is 17.6. The van der Waals surface area contributed by atoms with E-state index in [-0.39, 0.29) is 24.4 Å². The predicted molar refractivity (Wildman–Crippen MR) is 91.3 cm³/mol. The van der Waals surface area contributed by atoms with Crippen molar-refractivity contribution in [3.05, 3.63) is 42.2 Å². The molecule has 5 nitrogen and oxygen atoms in total. The minimum atomic E-state index is -0.360. The molecule has 0 spiro atoms. The number of piperidine rings is 1. The number of carbonyl (C=O) groups is 1. The van der Waals surface area contributed by atoms with Gasteiger partial charge in [-0.1, -0.05) is 12.1 Å². The fourth-order valence-corrected chi connectivity index (χ4v) is 3.35. The number of halogens is 1. The molecule has 1 aliphatic heterocycles. The Kier molecular flexibility index (Phi) is 5.81. The van der Waals surface area contributed by atoms with Crippen LogP contribution in [0.4, 0.5) is 4.39 Å². The van der Waals surface area contributed by atoms with Crippen LogP contribution in [0.25, 0.3) is 11.3 Å². The van der Waals surface area contributed by atoms with E-state index in [2.05, 4.69) is 4.98 Å². The summed E-state index contributed by atoms with van der Waals surface area (Å²) in [6.45, 7) is 0.843. The SMILES string of the molecule is O=C(CCc1ncc(-c2ccccc2F)o1)N1CCCCC1CCO. The average molecular weight is 346 g/mol. The van der Waals surface area contributed by atoms with Crippen LogP contribution in [-0.2, 0) is 11.2 Å². The number of rotatable bonds is 6. The standard InChI is InChI=1S/C19H23FN2O3/c20-16-7-2-1-6-15(16)17-13-21-18(25-17)8-9-19(24)22-11-4-3-5-14(22)10-12-23/h1-2,6-7,13-14,23H,3-5,8-12H2. The van der Waals surface area contributed by atoms with Gasteiger partial charge in [-0.3, -0.25) is 4.79 Å². The predicted octanol–water partition coefficient (Wildman–Crippen LogP) is 3.18. The highest BCUT2D eigenvalue weighted by Gasteiger charge is 2.26. The van der Waals surface area contributed by atoms with Crippen molar-refractivity contribution in [3.8, 4) is 11.3 Å². The molecule has 0 saturated carbocycles. The maximum atomic E-state index is 13.8. The highest BCUT2D eigenvalue weighted by atomic mass is 19.1. The van der Waals surface area contributed by atoms with Gasteiger partial charge in [-0.2, -0.15) is 0 Å². The van der Waals surface area contributed by atoms with Crippen molar-refractivity contribution < 1.29 is 18.7 Å². The van der Waals surface area contributed by atoms with E-state index < -0.39 is 0 Å². The number of hydrogen-bond acceptors (Lipinski definition) is 4. The fraction of sp³-hybridized carbons (Fsp3) is 0.474. The molecule has 1 aromatic heterocycles. The highest BCUT2D eigenvalue weighted by Crippen LogP contribution is 2.24. The number of carbonyl (C=O) groups excluding carboxylic acids is 1. The minimum absolute atomic E-state index is 0.0591. The van der Waals surface area contributed by atoms with Gasteiger partial charge < -0.3 is 14.4 Å². The van der Waals surface area contributed by atoms with Crippen molar-refractivity contribution in [1.82, 2.24) is 9.88 Å². The Bertz CT molecular complexity index is 714. The number of aryl methyl sites for hydroxylation is 1. The van der Waals surface area contributed by atoms with Gasteiger partial charge in [-0.15, -0.1) is 0 Å². The molecule has 3 rings (SSSR count). The maximum Gasteiger partial charge on any atom is 0.223 e. The minimum Gasteiger partial charge on any atom is -0.441 e. The number of benzene rings is 1. The van der Waals surface area contributed by atoms with E-state index in [0.29, 0.717) is 36.5 Å². The van der Waals surface area contributed by atoms with Crippen molar-refractivity contribution >= 4 is 5.91 Å². The summed E-state index contributed by atoms with van der Waals surface area (Å²) in [7, 11) is 0. The molecular weight excluding hydrogens is 323 g/mol. The number of amides is 1. The van der Waals surface area contributed by atoms with Gasteiger partial charge in [0.25, 0.3) is 0 Å². The molecule has 2 aromatic rings. The molecule has 1 amide bonds. The fourth-order valence-electron chi connectivity index (χ4n) is 3.35. The third-order valence-corrected chi connectivity index (χ3v) is 4.66. The van der Waals surface area contributed by atoms with Gasteiger partial charge in [0.1, 0.15) is 5.82 Å². The van der Waals surface area contributed by atoms with Gasteiger partial charge in [0.05, 0.1) is 11.8 Å². The first-order valence-corrected chi connectivity index (χ1v) is 8.79. The normalized spacial score (nSPS) is 17.7. The molecule has 0 radical (unpaired) electrons. The van der Waals surface area contributed by atoms with Gasteiger partial charge >= 0.3 is 0 Å². The summed E-state index contributed by atoms with van der Waals surface area (Å²) in [6, 6.07) is 6.50. The van der Waals surface area contributed by atoms with Gasteiger partial charge in [0.15, 0.2) is 11.7 Å². The number of aliphatic hydroxyl groups is 1. The van der Waals surface area contributed by atoms with Crippen LogP contribution in [0.3, 0.4) is 0 Å². The second kappa shape index (κ2) is 8.25. The summed E-state index contributed by atoms with van der Waals surface area (Å²) < 4.78 is 19.4. The molecule has 1 saturated heterocycles. The molecule has 2 heterocycles. The quantitative estimate of drug-likeness (QED) is 0.872. The highest BCUT2D eigenvalue weighted by molar-refractivity contribution is 5.76. The van der Waals surface area contributed by atoms with Crippen LogP contribution in [-0.4, -0.2) is 40.1 Å². The molecule has 25 heavy (non-hydrogen) atoms. The first kappa shape index (κ1) is 17.6. The third-order valence-electron chi connectivity index (χ3n) is 4.66. The molecule has 1 unspecified atom stereocenters. The molecule has 1 N–H and O–H groups in total. The van der Waals surface area contributed by atoms with Crippen LogP contribution < -0.4 is 0 Å². The van der Waals surface area contributed by atoms with Crippen LogP contribution in [0, 0.1) is 5.82 Å². The Labute approximate surface area is 146 Å². The molecule has 134 valence electrons. The average Bonchev–Trinajstić information content (AvgIpc) is 3.09. The van der Waals surface area contributed by atoms with Gasteiger partial charge in [0, 0.05) is 32.0 Å². The van der Waals surface area contributed by atoms with Gasteiger partial charge in [-0.05, 0) is 37.8 Å². The molecule has 1 fully saturated rings. The van der Waals surface area contributed by atoms with Crippen molar-refractivity contribution in [2.75, 3.05) is 13.2 Å². The number of aromatic nitrogens is 1. The zero-order valence-corrected chi connectivity index (χ0v) is 14.2. The van der Waals surface area contributed by atoms with E-state index in [0.717, 1.165) is 25.8 Å². The lowest BCUT2D eigenvalue weighted by Gasteiger charge is -2.35. The van der Waals surface area contributed by atoms with Crippen LogP contribution >= 0.6 is 0 Å². The number of aliphatic hydroxyl groups excluding tert-OH is 1. The molecule has 0 bridgehead atoms.